The Balaban J connectivity index is 2.06. The van der Waals surface area contributed by atoms with Crippen molar-refractivity contribution in [2.45, 2.75) is 10.8 Å². The minimum atomic E-state index is -3.89. The van der Waals surface area contributed by atoms with Gasteiger partial charge in [-0.2, -0.15) is 0 Å². The molecule has 8 heteroatoms. The Labute approximate surface area is 137 Å². The van der Waals surface area contributed by atoms with Gasteiger partial charge >= 0.3 is 5.97 Å². The summed E-state index contributed by atoms with van der Waals surface area (Å²) < 4.78 is 28.1. The molecule has 0 spiro atoms. The molecular formula is C15H12ClNO5S. The molecule has 1 atom stereocenters. The fourth-order valence-corrected chi connectivity index (χ4v) is 3.60. The van der Waals surface area contributed by atoms with Crippen molar-refractivity contribution in [2.24, 2.45) is 5.14 Å². The maximum atomic E-state index is 11.4. The second-order valence-corrected chi connectivity index (χ2v) is 7.08. The molecule has 1 aliphatic rings. The number of primary sulfonamides is 1. The third-order valence-electron chi connectivity index (χ3n) is 3.66. The third-order valence-corrected chi connectivity index (χ3v) is 5.05. The number of benzene rings is 2. The van der Waals surface area contributed by atoms with Gasteiger partial charge in [0.1, 0.15) is 23.2 Å². The molecule has 2 aromatic rings. The number of hydrogen-bond donors (Lipinski definition) is 2. The number of fused-ring (bicyclic) bond motifs is 1. The minimum Gasteiger partial charge on any atom is -0.492 e. The van der Waals surface area contributed by atoms with Gasteiger partial charge < -0.3 is 9.84 Å². The van der Waals surface area contributed by atoms with E-state index < -0.39 is 21.9 Å². The van der Waals surface area contributed by atoms with Crippen LogP contribution in [0.25, 0.3) is 11.1 Å². The lowest BCUT2D eigenvalue weighted by molar-refractivity contribution is -0.138. The van der Waals surface area contributed by atoms with Gasteiger partial charge in [0.15, 0.2) is 0 Å². The van der Waals surface area contributed by atoms with Crippen molar-refractivity contribution in [3.05, 3.63) is 47.0 Å². The summed E-state index contributed by atoms with van der Waals surface area (Å²) in [6, 6.07) is 9.53. The summed E-state index contributed by atoms with van der Waals surface area (Å²) in [5.41, 5.74) is 1.95. The first kappa shape index (κ1) is 15.8. The fourth-order valence-electron chi connectivity index (χ4n) is 2.51. The molecule has 0 aromatic heterocycles. The van der Waals surface area contributed by atoms with E-state index in [1.807, 2.05) is 0 Å². The van der Waals surface area contributed by atoms with Crippen LogP contribution in [0.2, 0.25) is 5.02 Å². The maximum Gasteiger partial charge on any atom is 0.314 e. The van der Waals surface area contributed by atoms with Gasteiger partial charge in [-0.1, -0.05) is 23.7 Å². The fraction of sp³-hybridized carbons (Fsp3) is 0.133. The zero-order valence-electron chi connectivity index (χ0n) is 11.7. The maximum absolute atomic E-state index is 11.4. The van der Waals surface area contributed by atoms with Crippen LogP contribution in [-0.4, -0.2) is 26.1 Å². The van der Waals surface area contributed by atoms with E-state index in [-0.39, 0.29) is 16.5 Å². The number of hydrogen-bond acceptors (Lipinski definition) is 4. The molecule has 0 amide bonds. The Morgan fingerprint density at radius 1 is 1.22 bits per heavy atom. The quantitative estimate of drug-likeness (QED) is 0.879. The predicted molar refractivity (Wildman–Crippen MR) is 84.1 cm³/mol. The Kier molecular flexibility index (Phi) is 3.79. The summed E-state index contributed by atoms with van der Waals surface area (Å²) in [5, 5.41) is 14.3. The largest absolute Gasteiger partial charge is 0.492 e. The zero-order chi connectivity index (χ0) is 16.8. The summed E-state index contributed by atoms with van der Waals surface area (Å²) >= 11 is 5.98. The van der Waals surface area contributed by atoms with Gasteiger partial charge in [-0.15, -0.1) is 0 Å². The number of carboxylic acid groups (broad SMARTS) is 1. The van der Waals surface area contributed by atoms with Gasteiger partial charge in [0.25, 0.3) is 0 Å². The van der Waals surface area contributed by atoms with Crippen molar-refractivity contribution < 1.29 is 23.1 Å². The Morgan fingerprint density at radius 3 is 2.48 bits per heavy atom. The summed E-state index contributed by atoms with van der Waals surface area (Å²) in [4.78, 5) is 11.1. The number of carboxylic acids is 1. The molecule has 3 rings (SSSR count). The van der Waals surface area contributed by atoms with Crippen LogP contribution in [0.15, 0.2) is 41.3 Å². The summed E-state index contributed by atoms with van der Waals surface area (Å²) in [5.74, 6) is -1.14. The van der Waals surface area contributed by atoms with Gasteiger partial charge in [0.05, 0.1) is 5.02 Å². The van der Waals surface area contributed by atoms with Crippen molar-refractivity contribution in [3.63, 3.8) is 0 Å². The van der Waals surface area contributed by atoms with Crippen molar-refractivity contribution in [1.82, 2.24) is 0 Å². The van der Waals surface area contributed by atoms with Crippen LogP contribution in [0, 0.1) is 0 Å². The Bertz CT molecular complexity index is 910. The monoisotopic (exact) mass is 353 g/mol. The zero-order valence-corrected chi connectivity index (χ0v) is 13.3. The molecule has 1 heterocycles. The average Bonchev–Trinajstić information content (AvgIpc) is 2.88. The normalized spacial score (nSPS) is 16.7. The third kappa shape index (κ3) is 2.90. The van der Waals surface area contributed by atoms with Crippen LogP contribution in [0.1, 0.15) is 11.5 Å². The first-order valence-electron chi connectivity index (χ1n) is 6.59. The predicted octanol–water partition coefficient (Wildman–Crippen LogP) is 2.22. The first-order chi connectivity index (χ1) is 10.8. The van der Waals surface area contributed by atoms with E-state index in [4.69, 9.17) is 21.5 Å². The smallest absolute Gasteiger partial charge is 0.314 e. The molecule has 0 fully saturated rings. The van der Waals surface area contributed by atoms with E-state index in [0.717, 1.165) is 0 Å². The number of ether oxygens (including phenoxy) is 1. The molecule has 2 aromatic carbocycles. The van der Waals surface area contributed by atoms with Crippen molar-refractivity contribution in [3.8, 4) is 16.9 Å². The average molecular weight is 354 g/mol. The van der Waals surface area contributed by atoms with E-state index in [9.17, 15) is 18.3 Å². The second kappa shape index (κ2) is 5.52. The molecule has 0 bridgehead atoms. The number of rotatable bonds is 3. The molecule has 6 nitrogen and oxygen atoms in total. The molecule has 0 saturated carbocycles. The Hall–Kier alpha value is -2.09. The van der Waals surface area contributed by atoms with Crippen LogP contribution < -0.4 is 9.88 Å². The summed E-state index contributed by atoms with van der Waals surface area (Å²) in [6.07, 6.45) is 0. The molecule has 0 aliphatic carbocycles. The highest BCUT2D eigenvalue weighted by Gasteiger charge is 2.30. The lowest BCUT2D eigenvalue weighted by Gasteiger charge is -2.08. The van der Waals surface area contributed by atoms with Gasteiger partial charge in [-0.25, -0.2) is 13.6 Å². The van der Waals surface area contributed by atoms with Crippen LogP contribution in [0.5, 0.6) is 5.75 Å². The molecule has 23 heavy (non-hydrogen) atoms. The molecule has 0 saturated heterocycles. The molecule has 0 radical (unpaired) electrons. The van der Waals surface area contributed by atoms with E-state index in [1.165, 1.54) is 12.1 Å². The highest BCUT2D eigenvalue weighted by atomic mass is 35.5. The Morgan fingerprint density at radius 2 is 1.87 bits per heavy atom. The number of carbonyl (C=O) groups is 1. The van der Waals surface area contributed by atoms with Gasteiger partial charge in [0, 0.05) is 5.56 Å². The van der Waals surface area contributed by atoms with Gasteiger partial charge in [0.2, 0.25) is 10.0 Å². The molecule has 3 N–H and O–H groups in total. The topological polar surface area (TPSA) is 107 Å². The minimum absolute atomic E-state index is 0.0107. The van der Waals surface area contributed by atoms with Crippen molar-refractivity contribution >= 4 is 27.6 Å². The summed E-state index contributed by atoms with van der Waals surface area (Å²) in [7, 11) is -3.89. The van der Waals surface area contributed by atoms with E-state index in [1.54, 1.807) is 24.3 Å². The standard InChI is InChI=1S/C15H12ClNO5S/c16-12-6-9(2-4-14(12)23(17,20)21)8-1-3-13-10(5-8)11(7-22-13)15(18)19/h1-6,11H,7H2,(H,18,19)(H2,17,20,21). The van der Waals surface area contributed by atoms with Gasteiger partial charge in [-0.3, -0.25) is 4.79 Å². The summed E-state index contributed by atoms with van der Waals surface area (Å²) in [6.45, 7) is 0.0965. The number of nitrogens with two attached hydrogens (primary N) is 1. The van der Waals surface area contributed by atoms with Crippen LogP contribution >= 0.6 is 11.6 Å². The molecule has 120 valence electrons. The highest BCUT2D eigenvalue weighted by molar-refractivity contribution is 7.89. The lowest BCUT2D eigenvalue weighted by atomic mass is 9.96. The number of aliphatic carboxylic acids is 1. The molecule has 1 aliphatic heterocycles. The van der Waals surface area contributed by atoms with Crippen LogP contribution in [-0.2, 0) is 14.8 Å². The molecular weight excluding hydrogens is 342 g/mol. The second-order valence-electron chi connectivity index (χ2n) is 5.14. The number of halogens is 1. The molecule has 1 unspecified atom stereocenters. The highest BCUT2D eigenvalue weighted by Crippen LogP contribution is 2.38. The number of sulfonamides is 1. The first-order valence-corrected chi connectivity index (χ1v) is 8.52. The van der Waals surface area contributed by atoms with Crippen molar-refractivity contribution in [2.75, 3.05) is 6.61 Å². The SMILES string of the molecule is NS(=O)(=O)c1ccc(-c2ccc3c(c2)C(C(=O)O)CO3)cc1Cl. The van der Waals surface area contributed by atoms with E-state index in [2.05, 4.69) is 0 Å². The van der Waals surface area contributed by atoms with E-state index in [0.29, 0.717) is 22.4 Å². The van der Waals surface area contributed by atoms with Crippen molar-refractivity contribution in [1.29, 1.82) is 0 Å². The van der Waals surface area contributed by atoms with E-state index >= 15 is 0 Å². The van der Waals surface area contributed by atoms with Gasteiger partial charge in [-0.05, 0) is 35.4 Å². The van der Waals surface area contributed by atoms with Crippen LogP contribution in [0.3, 0.4) is 0 Å². The van der Waals surface area contributed by atoms with Crippen LogP contribution in [0.4, 0.5) is 0 Å². The lowest BCUT2D eigenvalue weighted by Crippen LogP contribution is -2.12.